The number of piperidine rings is 1. The third-order valence-electron chi connectivity index (χ3n) is 4.36. The number of nitrogens with one attached hydrogen (secondary N) is 1. The number of amides is 1. The molecule has 0 aromatic heterocycles. The SMILES string of the molecule is COCC1(C(=O)N(C)CCc2ccccc2)CCNCC1. The van der Waals surface area contributed by atoms with Crippen molar-refractivity contribution >= 4 is 5.91 Å². The maximum atomic E-state index is 12.8. The third-order valence-corrected chi connectivity index (χ3v) is 4.36. The molecule has 0 bridgehead atoms. The monoisotopic (exact) mass is 290 g/mol. The van der Waals surface area contributed by atoms with Crippen LogP contribution in [0.15, 0.2) is 30.3 Å². The molecule has 0 spiro atoms. The van der Waals surface area contributed by atoms with Gasteiger partial charge < -0.3 is 15.0 Å². The second kappa shape index (κ2) is 7.57. The fourth-order valence-corrected chi connectivity index (χ4v) is 3.05. The molecule has 2 rings (SSSR count). The Kier molecular flexibility index (Phi) is 5.76. The number of likely N-dealkylation sites (N-methyl/N-ethyl adjacent to an activating group) is 1. The zero-order valence-electron chi connectivity index (χ0n) is 13.1. The van der Waals surface area contributed by atoms with Gasteiger partial charge >= 0.3 is 0 Å². The maximum Gasteiger partial charge on any atom is 0.230 e. The minimum atomic E-state index is -0.342. The zero-order chi connectivity index (χ0) is 15.1. The number of benzene rings is 1. The van der Waals surface area contributed by atoms with Crippen molar-refractivity contribution in [3.8, 4) is 0 Å². The van der Waals surface area contributed by atoms with Gasteiger partial charge in [0.2, 0.25) is 5.91 Å². The summed E-state index contributed by atoms with van der Waals surface area (Å²) in [5.41, 5.74) is 0.925. The van der Waals surface area contributed by atoms with Gasteiger partial charge in [0.25, 0.3) is 0 Å². The van der Waals surface area contributed by atoms with E-state index in [4.69, 9.17) is 4.74 Å². The van der Waals surface area contributed by atoms with E-state index in [-0.39, 0.29) is 11.3 Å². The van der Waals surface area contributed by atoms with Crippen molar-refractivity contribution in [2.45, 2.75) is 19.3 Å². The highest BCUT2D eigenvalue weighted by Gasteiger charge is 2.41. The Morgan fingerprint density at radius 1 is 1.29 bits per heavy atom. The lowest BCUT2D eigenvalue weighted by atomic mass is 9.78. The number of hydrogen-bond acceptors (Lipinski definition) is 3. The van der Waals surface area contributed by atoms with Gasteiger partial charge in [0, 0.05) is 20.7 Å². The minimum absolute atomic E-state index is 0.224. The van der Waals surface area contributed by atoms with Gasteiger partial charge in [-0.1, -0.05) is 30.3 Å². The fourth-order valence-electron chi connectivity index (χ4n) is 3.05. The van der Waals surface area contributed by atoms with Crippen molar-refractivity contribution < 1.29 is 9.53 Å². The molecule has 0 radical (unpaired) electrons. The van der Waals surface area contributed by atoms with Gasteiger partial charge in [0.15, 0.2) is 0 Å². The molecular formula is C17H26N2O2. The molecule has 1 aromatic rings. The first kappa shape index (κ1) is 16.0. The van der Waals surface area contributed by atoms with Crippen molar-refractivity contribution in [1.82, 2.24) is 10.2 Å². The lowest BCUT2D eigenvalue weighted by Gasteiger charge is -2.38. The molecule has 21 heavy (non-hydrogen) atoms. The van der Waals surface area contributed by atoms with E-state index < -0.39 is 0 Å². The summed E-state index contributed by atoms with van der Waals surface area (Å²) in [5, 5.41) is 3.32. The molecular weight excluding hydrogens is 264 g/mol. The van der Waals surface area contributed by atoms with Gasteiger partial charge in [-0.3, -0.25) is 4.79 Å². The fraction of sp³-hybridized carbons (Fsp3) is 0.588. The zero-order valence-corrected chi connectivity index (χ0v) is 13.1. The predicted molar refractivity (Wildman–Crippen MR) is 84.2 cm³/mol. The van der Waals surface area contributed by atoms with Gasteiger partial charge in [-0.15, -0.1) is 0 Å². The van der Waals surface area contributed by atoms with Gasteiger partial charge in [-0.2, -0.15) is 0 Å². The average molecular weight is 290 g/mol. The summed E-state index contributed by atoms with van der Waals surface area (Å²) in [6.45, 7) is 3.05. The molecule has 1 aromatic carbocycles. The summed E-state index contributed by atoms with van der Waals surface area (Å²) in [5.74, 6) is 0.224. The second-order valence-corrected chi connectivity index (χ2v) is 5.93. The van der Waals surface area contributed by atoms with Crippen molar-refractivity contribution in [1.29, 1.82) is 0 Å². The van der Waals surface area contributed by atoms with Crippen LogP contribution in [0, 0.1) is 5.41 Å². The van der Waals surface area contributed by atoms with Crippen LogP contribution in [0.5, 0.6) is 0 Å². The molecule has 116 valence electrons. The van der Waals surface area contributed by atoms with Crippen LogP contribution in [0.1, 0.15) is 18.4 Å². The molecule has 4 heteroatoms. The van der Waals surface area contributed by atoms with Crippen LogP contribution in [0.2, 0.25) is 0 Å². The Balaban J connectivity index is 1.96. The Morgan fingerprint density at radius 3 is 2.57 bits per heavy atom. The first-order valence-corrected chi connectivity index (χ1v) is 7.67. The molecule has 1 fully saturated rings. The highest BCUT2D eigenvalue weighted by atomic mass is 16.5. The molecule has 0 aliphatic carbocycles. The predicted octanol–water partition coefficient (Wildman–Crippen LogP) is 1.70. The van der Waals surface area contributed by atoms with Gasteiger partial charge in [0.05, 0.1) is 12.0 Å². The second-order valence-electron chi connectivity index (χ2n) is 5.93. The Morgan fingerprint density at radius 2 is 1.95 bits per heavy atom. The first-order valence-electron chi connectivity index (χ1n) is 7.67. The van der Waals surface area contributed by atoms with Crippen LogP contribution >= 0.6 is 0 Å². The van der Waals surface area contributed by atoms with Crippen LogP contribution in [0.3, 0.4) is 0 Å². The summed E-state index contributed by atoms with van der Waals surface area (Å²) in [6, 6.07) is 10.3. The highest BCUT2D eigenvalue weighted by Crippen LogP contribution is 2.31. The Labute approximate surface area is 127 Å². The summed E-state index contributed by atoms with van der Waals surface area (Å²) >= 11 is 0. The van der Waals surface area contributed by atoms with Crippen molar-refractivity contribution in [2.75, 3.05) is 40.4 Å². The Hall–Kier alpha value is -1.39. The standard InChI is InChI=1S/C17H26N2O2/c1-19(13-8-15-6-4-3-5-7-15)16(20)17(14-21-2)9-11-18-12-10-17/h3-7,18H,8-14H2,1-2H3. The molecule has 0 unspecified atom stereocenters. The number of rotatable bonds is 6. The highest BCUT2D eigenvalue weighted by molar-refractivity contribution is 5.83. The molecule has 0 atom stereocenters. The van der Waals surface area contributed by atoms with Crippen LogP contribution < -0.4 is 5.32 Å². The molecule has 1 aliphatic heterocycles. The third kappa shape index (κ3) is 4.05. The number of methoxy groups -OCH3 is 1. The number of hydrogen-bond donors (Lipinski definition) is 1. The largest absolute Gasteiger partial charge is 0.384 e. The summed E-state index contributed by atoms with van der Waals surface area (Å²) < 4.78 is 5.34. The number of carbonyl (C=O) groups is 1. The van der Waals surface area contributed by atoms with Crippen molar-refractivity contribution in [3.63, 3.8) is 0 Å². The minimum Gasteiger partial charge on any atom is -0.384 e. The van der Waals surface area contributed by atoms with Gasteiger partial charge in [-0.25, -0.2) is 0 Å². The van der Waals surface area contributed by atoms with E-state index in [1.54, 1.807) is 7.11 Å². The molecule has 1 N–H and O–H groups in total. The van der Waals surface area contributed by atoms with E-state index in [1.807, 2.05) is 30.1 Å². The summed E-state index contributed by atoms with van der Waals surface area (Å²) in [7, 11) is 3.59. The maximum absolute atomic E-state index is 12.8. The lowest BCUT2D eigenvalue weighted by Crippen LogP contribution is -2.51. The molecule has 1 heterocycles. The van der Waals surface area contributed by atoms with Crippen LogP contribution in [0.25, 0.3) is 0 Å². The summed E-state index contributed by atoms with van der Waals surface area (Å²) in [4.78, 5) is 14.7. The van der Waals surface area contributed by atoms with Crippen LogP contribution in [-0.2, 0) is 16.0 Å². The van der Waals surface area contributed by atoms with E-state index in [9.17, 15) is 4.79 Å². The van der Waals surface area contributed by atoms with Crippen molar-refractivity contribution in [3.05, 3.63) is 35.9 Å². The van der Waals surface area contributed by atoms with E-state index in [0.29, 0.717) is 6.61 Å². The Bertz CT molecular complexity index is 436. The van der Waals surface area contributed by atoms with Crippen LogP contribution in [0.4, 0.5) is 0 Å². The van der Waals surface area contributed by atoms with E-state index in [0.717, 1.165) is 38.9 Å². The number of ether oxygens (including phenoxy) is 1. The van der Waals surface area contributed by atoms with Gasteiger partial charge in [0.1, 0.15) is 0 Å². The van der Waals surface area contributed by atoms with Gasteiger partial charge in [-0.05, 0) is 37.9 Å². The quantitative estimate of drug-likeness (QED) is 0.867. The molecule has 1 aliphatic rings. The topological polar surface area (TPSA) is 41.6 Å². The molecule has 4 nitrogen and oxygen atoms in total. The number of nitrogens with zero attached hydrogens (tertiary/aromatic N) is 1. The normalized spacial score (nSPS) is 17.4. The smallest absolute Gasteiger partial charge is 0.230 e. The lowest BCUT2D eigenvalue weighted by molar-refractivity contribution is -0.146. The van der Waals surface area contributed by atoms with Crippen molar-refractivity contribution in [2.24, 2.45) is 5.41 Å². The number of carbonyl (C=O) groups excluding carboxylic acids is 1. The average Bonchev–Trinajstić information content (AvgIpc) is 2.54. The van der Waals surface area contributed by atoms with E-state index in [2.05, 4.69) is 17.4 Å². The molecule has 1 amide bonds. The van der Waals surface area contributed by atoms with E-state index >= 15 is 0 Å². The summed E-state index contributed by atoms with van der Waals surface area (Å²) in [6.07, 6.45) is 2.61. The molecule has 0 saturated carbocycles. The molecule has 1 saturated heterocycles. The van der Waals surface area contributed by atoms with E-state index in [1.165, 1.54) is 5.56 Å². The first-order chi connectivity index (χ1) is 10.2. The van der Waals surface area contributed by atoms with Crippen LogP contribution in [-0.4, -0.2) is 51.2 Å².